The van der Waals surface area contributed by atoms with Gasteiger partial charge in [-0.05, 0) is 42.2 Å². The summed E-state index contributed by atoms with van der Waals surface area (Å²) in [7, 11) is 1.05. The molecule has 1 unspecified atom stereocenters. The smallest absolute Gasteiger partial charge is 0.448 e. The van der Waals surface area contributed by atoms with E-state index < -0.39 is 65.9 Å². The van der Waals surface area contributed by atoms with Gasteiger partial charge in [0, 0.05) is 29.8 Å². The Labute approximate surface area is 257 Å². The molecule has 2 atom stereocenters. The van der Waals surface area contributed by atoms with Gasteiger partial charge in [0.2, 0.25) is 17.5 Å². The van der Waals surface area contributed by atoms with Crippen molar-refractivity contribution >= 4 is 23.8 Å². The monoisotopic (exact) mass is 659 g/mol. The maximum Gasteiger partial charge on any atom is 0.511 e. The number of halogens is 6. The van der Waals surface area contributed by atoms with E-state index in [0.717, 1.165) is 40.8 Å². The molecule has 5 rings (SSSR count). The van der Waals surface area contributed by atoms with Gasteiger partial charge in [0.25, 0.3) is 5.91 Å². The zero-order chi connectivity index (χ0) is 33.1. The molecular formula is C29H27F6N3O6S. The minimum atomic E-state index is -4.66. The Morgan fingerprint density at radius 3 is 2.33 bits per heavy atom. The van der Waals surface area contributed by atoms with Crippen LogP contribution in [0.25, 0.3) is 0 Å². The van der Waals surface area contributed by atoms with Gasteiger partial charge in [-0.15, -0.1) is 11.8 Å². The highest BCUT2D eigenvalue weighted by Gasteiger charge is 2.45. The first-order chi connectivity index (χ1) is 21.1. The zero-order valence-electron chi connectivity index (χ0n) is 24.0. The average molecular weight is 660 g/mol. The van der Waals surface area contributed by atoms with Crippen LogP contribution in [0.2, 0.25) is 0 Å². The van der Waals surface area contributed by atoms with E-state index in [2.05, 4.69) is 14.9 Å². The molecule has 1 aromatic heterocycles. The van der Waals surface area contributed by atoms with Crippen molar-refractivity contribution in [3.8, 4) is 5.75 Å². The summed E-state index contributed by atoms with van der Waals surface area (Å²) >= 11 is 1.48. The number of alkyl halides is 6. The molecule has 9 nitrogen and oxygen atoms in total. The highest BCUT2D eigenvalue weighted by atomic mass is 32.2. The Hall–Kier alpha value is -4.34. The van der Waals surface area contributed by atoms with Crippen LogP contribution >= 0.6 is 11.8 Å². The Balaban J connectivity index is 0.000000214. The number of thioether (sulfide) groups is 1. The van der Waals surface area contributed by atoms with Crippen molar-refractivity contribution in [1.29, 1.82) is 0 Å². The van der Waals surface area contributed by atoms with Gasteiger partial charge in [-0.3, -0.25) is 14.3 Å². The fourth-order valence-corrected chi connectivity index (χ4v) is 5.71. The third-order valence-corrected chi connectivity index (χ3v) is 8.03. The summed E-state index contributed by atoms with van der Waals surface area (Å²) in [6.07, 6.45) is -9.60. The Morgan fingerprint density at radius 1 is 0.978 bits per heavy atom. The number of rotatable bonds is 4. The molecule has 0 saturated carbocycles. The minimum absolute atomic E-state index is 0.377. The summed E-state index contributed by atoms with van der Waals surface area (Å²) < 4.78 is 93.1. The maximum atomic E-state index is 13.0. The van der Waals surface area contributed by atoms with Crippen LogP contribution < -0.4 is 15.6 Å². The number of aromatic nitrogens is 1. The lowest BCUT2D eigenvalue weighted by atomic mass is 9.96. The van der Waals surface area contributed by atoms with Crippen molar-refractivity contribution in [3.63, 3.8) is 0 Å². The molecule has 0 aliphatic carbocycles. The quantitative estimate of drug-likeness (QED) is 0.202. The second-order valence-corrected chi connectivity index (χ2v) is 10.8. The van der Waals surface area contributed by atoms with Crippen molar-refractivity contribution in [2.45, 2.75) is 55.6 Å². The van der Waals surface area contributed by atoms with E-state index in [1.165, 1.54) is 37.0 Å². The number of nitrogens with zero attached hydrogens (tertiary/aromatic N) is 2. The molecule has 1 N–H and O–H groups in total. The van der Waals surface area contributed by atoms with Crippen LogP contribution in [-0.2, 0) is 27.8 Å². The Morgan fingerprint density at radius 2 is 1.67 bits per heavy atom. The lowest BCUT2D eigenvalue weighted by Gasteiger charge is -2.36. The van der Waals surface area contributed by atoms with E-state index in [0.29, 0.717) is 22.6 Å². The van der Waals surface area contributed by atoms with Gasteiger partial charge in [-0.2, -0.15) is 26.3 Å². The molecule has 242 valence electrons. The molecule has 2 aromatic carbocycles. The number of fused-ring (bicyclic) bond motifs is 3. The number of ether oxygens (including phenoxy) is 3. The summed E-state index contributed by atoms with van der Waals surface area (Å²) in [6.45, 7) is 1.64. The number of amides is 1. The number of carbonyl (C=O) groups is 2. The molecular weight excluding hydrogens is 632 g/mol. The van der Waals surface area contributed by atoms with E-state index in [-0.39, 0.29) is 0 Å². The topological polar surface area (TPSA) is 99.1 Å². The average Bonchev–Trinajstić information content (AvgIpc) is 3.17. The molecule has 3 aromatic rings. The van der Waals surface area contributed by atoms with Gasteiger partial charge in [0.1, 0.15) is 12.7 Å². The van der Waals surface area contributed by atoms with Crippen LogP contribution in [0.15, 0.2) is 64.4 Å². The van der Waals surface area contributed by atoms with Crippen LogP contribution in [-0.4, -0.2) is 53.9 Å². The summed E-state index contributed by atoms with van der Waals surface area (Å²) in [4.78, 5) is 37.3. The lowest BCUT2D eigenvalue weighted by Crippen LogP contribution is -2.54. The fourth-order valence-electron chi connectivity index (χ4n) is 4.57. The van der Waals surface area contributed by atoms with Gasteiger partial charge in [0.15, 0.2) is 5.69 Å². The normalized spacial score (nSPS) is 15.5. The predicted octanol–water partition coefficient (Wildman–Crippen LogP) is 6.17. The van der Waals surface area contributed by atoms with Crippen molar-refractivity contribution in [1.82, 2.24) is 9.58 Å². The van der Waals surface area contributed by atoms with Crippen LogP contribution in [0.1, 0.15) is 46.6 Å². The highest BCUT2D eigenvalue weighted by molar-refractivity contribution is 7.98. The van der Waals surface area contributed by atoms with Gasteiger partial charge < -0.3 is 24.5 Å². The highest BCUT2D eigenvalue weighted by Crippen LogP contribution is 2.40. The largest absolute Gasteiger partial charge is 0.511 e. The molecule has 0 saturated heterocycles. The van der Waals surface area contributed by atoms with E-state index in [1.807, 2.05) is 24.3 Å². The number of pyridine rings is 1. The van der Waals surface area contributed by atoms with Crippen molar-refractivity contribution in [2.75, 3.05) is 19.2 Å². The lowest BCUT2D eigenvalue weighted by molar-refractivity contribution is -0.172. The number of hydrogen-bond donors (Lipinski definition) is 1. The number of hydrogen-bond acceptors (Lipinski definition) is 8. The van der Waals surface area contributed by atoms with Crippen LogP contribution in [0.4, 0.5) is 31.1 Å². The molecule has 0 bridgehead atoms. The molecule has 2 aliphatic rings. The fraction of sp³-hybridized carbons (Fsp3) is 0.345. The molecule has 0 fully saturated rings. The second kappa shape index (κ2) is 13.3. The molecule has 3 heterocycles. The number of nitrogens with one attached hydrogen (secondary N) is 1. The second-order valence-electron chi connectivity index (χ2n) is 9.81. The number of benzene rings is 2. The summed E-state index contributed by atoms with van der Waals surface area (Å²) in [6, 6.07) is 11.2. The first-order valence-electron chi connectivity index (χ1n) is 13.3. The van der Waals surface area contributed by atoms with Crippen LogP contribution in [0.5, 0.6) is 5.75 Å². The van der Waals surface area contributed by atoms with Gasteiger partial charge in [0.05, 0.1) is 12.7 Å². The Kier molecular flexibility index (Phi) is 9.95. The maximum absolute atomic E-state index is 13.0. The first-order valence-corrected chi connectivity index (χ1v) is 14.3. The van der Waals surface area contributed by atoms with Gasteiger partial charge >= 0.3 is 18.5 Å². The third kappa shape index (κ3) is 7.67. The van der Waals surface area contributed by atoms with E-state index in [9.17, 15) is 40.7 Å². The third-order valence-electron chi connectivity index (χ3n) is 6.89. The summed E-state index contributed by atoms with van der Waals surface area (Å²) in [5.41, 5.74) is 3.16. The molecule has 0 radical (unpaired) electrons. The number of methoxy groups -OCH3 is 1. The van der Waals surface area contributed by atoms with E-state index in [4.69, 9.17) is 4.74 Å². The van der Waals surface area contributed by atoms with Crippen molar-refractivity contribution in [2.24, 2.45) is 0 Å². The molecule has 2 aliphatic heterocycles. The van der Waals surface area contributed by atoms with Crippen LogP contribution in [0.3, 0.4) is 0 Å². The summed E-state index contributed by atoms with van der Waals surface area (Å²) in [5.74, 6) is -1.24. The standard InChI is InChI=1S/C15H11F3S.C14H16F3N3O6/c16-15(17,18)13-6-3-5-10-8-11-4-1-2-7-14(11)19-9-12(10)13;1-7(14(15,16)17)19-6-18-20-5-4-9(21)11(10(20)12(19)22)25-8(2)26-13(23)24-3/h1-7H,8-9H2;4-5,7-8,18H,6H2,1-3H3/t;7-,8?/m.1/s1. The van der Waals surface area contributed by atoms with Crippen molar-refractivity contribution in [3.05, 3.63) is 92.9 Å². The van der Waals surface area contributed by atoms with Gasteiger partial charge in [-0.25, -0.2) is 4.79 Å². The minimum Gasteiger partial charge on any atom is -0.448 e. The molecule has 16 heteroatoms. The SMILES string of the molecule is COC(=O)OC(C)Oc1c2n(ccc1=O)NCN([C@H](C)C(F)(F)F)C2=O.FC(F)(F)c1cccc2c1CSc1ccccc1C2. The van der Waals surface area contributed by atoms with E-state index in [1.54, 1.807) is 6.07 Å². The molecule has 0 spiro atoms. The van der Waals surface area contributed by atoms with Crippen molar-refractivity contribution < 1.29 is 50.1 Å². The first kappa shape index (κ1) is 33.6. The molecule has 45 heavy (non-hydrogen) atoms. The predicted molar refractivity (Wildman–Crippen MR) is 150 cm³/mol. The van der Waals surface area contributed by atoms with Crippen LogP contribution in [0, 0.1) is 0 Å². The van der Waals surface area contributed by atoms with E-state index >= 15 is 0 Å². The zero-order valence-corrected chi connectivity index (χ0v) is 24.8. The van der Waals surface area contributed by atoms with Gasteiger partial charge in [-0.1, -0.05) is 30.3 Å². The number of carbonyl (C=O) groups excluding carboxylic acids is 2. The Bertz CT molecular complexity index is 1630. The molecule has 1 amide bonds. The summed E-state index contributed by atoms with van der Waals surface area (Å²) in [5, 5.41) is 0.